The van der Waals surface area contributed by atoms with Gasteiger partial charge in [-0.3, -0.25) is 0 Å². The first-order valence-electron chi connectivity index (χ1n) is 10.3. The third-order valence-electron chi connectivity index (χ3n) is 6.70. The zero-order valence-corrected chi connectivity index (χ0v) is 16.0. The van der Waals surface area contributed by atoms with E-state index in [0.29, 0.717) is 0 Å². The summed E-state index contributed by atoms with van der Waals surface area (Å²) in [7, 11) is 0. The highest BCUT2D eigenvalue weighted by atomic mass is 16.3. The summed E-state index contributed by atoms with van der Waals surface area (Å²) < 4.78 is 8.70. The van der Waals surface area contributed by atoms with Crippen LogP contribution in [-0.2, 0) is 0 Å². The maximum absolute atomic E-state index is 6.30. The fraction of sp³-hybridized carbons (Fsp3) is 0. The molecule has 8 rings (SSSR count). The first-order valence-corrected chi connectivity index (χ1v) is 10.3. The molecule has 0 fully saturated rings. The van der Waals surface area contributed by atoms with Gasteiger partial charge in [0.25, 0.3) is 0 Å². The summed E-state index contributed by atoms with van der Waals surface area (Å²) in [6.07, 6.45) is 0. The molecule has 2 heteroatoms. The molecular weight excluding hydrogens is 366 g/mol. The third kappa shape index (κ3) is 1.56. The second-order valence-electron chi connectivity index (χ2n) is 8.15. The maximum atomic E-state index is 6.30. The van der Waals surface area contributed by atoms with Crippen molar-refractivity contribution in [2.75, 3.05) is 0 Å². The molecule has 2 heterocycles. The molecule has 0 aliphatic heterocycles. The molecule has 0 bridgehead atoms. The lowest BCUT2D eigenvalue weighted by Crippen LogP contribution is -1.93. The second kappa shape index (κ2) is 4.92. The second-order valence-corrected chi connectivity index (χ2v) is 8.15. The Morgan fingerprint density at radius 1 is 0.467 bits per heavy atom. The average molecular weight is 381 g/mol. The third-order valence-corrected chi connectivity index (χ3v) is 6.70. The summed E-state index contributed by atoms with van der Waals surface area (Å²) in [5.74, 6) is 0. The minimum atomic E-state index is 0.963. The minimum absolute atomic E-state index is 0.963. The predicted molar refractivity (Wildman–Crippen MR) is 125 cm³/mol. The maximum Gasteiger partial charge on any atom is 0.136 e. The van der Waals surface area contributed by atoms with Gasteiger partial charge in [-0.25, -0.2) is 0 Å². The van der Waals surface area contributed by atoms with Gasteiger partial charge in [-0.05, 0) is 52.9 Å². The number of furan rings is 1. The number of aromatic nitrogens is 1. The number of hydrogen-bond acceptors (Lipinski definition) is 1. The van der Waals surface area contributed by atoms with Crippen LogP contribution in [-0.4, -0.2) is 4.57 Å². The van der Waals surface area contributed by atoms with Crippen LogP contribution in [0.5, 0.6) is 0 Å². The largest absolute Gasteiger partial charge is 0.456 e. The smallest absolute Gasteiger partial charge is 0.136 e. The van der Waals surface area contributed by atoms with E-state index in [4.69, 9.17) is 4.42 Å². The SMILES string of the molecule is c1ccc(-n2c3cccc4c3c3c5c(ccc6oc7cccc-4c7c65)ccc32)cc1. The van der Waals surface area contributed by atoms with Crippen LogP contribution in [0.15, 0.2) is 95.4 Å². The summed E-state index contributed by atoms with van der Waals surface area (Å²) in [5.41, 5.74) is 8.14. The van der Waals surface area contributed by atoms with Crippen LogP contribution in [0.1, 0.15) is 0 Å². The molecule has 0 spiro atoms. The number of para-hydroxylation sites is 1. The first kappa shape index (κ1) is 14.9. The van der Waals surface area contributed by atoms with E-state index in [0.717, 1.165) is 11.2 Å². The summed E-state index contributed by atoms with van der Waals surface area (Å²) >= 11 is 0. The van der Waals surface area contributed by atoms with Crippen LogP contribution >= 0.6 is 0 Å². The highest BCUT2D eigenvalue weighted by molar-refractivity contribution is 6.37. The van der Waals surface area contributed by atoms with Crippen LogP contribution in [0.3, 0.4) is 0 Å². The van der Waals surface area contributed by atoms with Gasteiger partial charge >= 0.3 is 0 Å². The van der Waals surface area contributed by atoms with Crippen molar-refractivity contribution in [3.05, 3.63) is 91.0 Å². The Hall–Kier alpha value is -4.04. The van der Waals surface area contributed by atoms with Crippen LogP contribution < -0.4 is 0 Å². The molecule has 0 radical (unpaired) electrons. The van der Waals surface area contributed by atoms with E-state index in [1.54, 1.807) is 0 Å². The molecule has 0 amide bonds. The van der Waals surface area contributed by atoms with Crippen molar-refractivity contribution < 1.29 is 4.42 Å². The Bertz CT molecular complexity index is 1830. The Morgan fingerprint density at radius 2 is 1.20 bits per heavy atom. The standard InChI is InChI=1S/C28H15NO/c1-2-6-17(7-3-1)29-20-10-4-8-18-19-9-5-11-22-26(19)28-23(30-22)15-13-16-12-14-21(29)27(24(16)28)25(18)20/h1-15H. The van der Waals surface area contributed by atoms with Crippen molar-refractivity contribution in [2.24, 2.45) is 0 Å². The van der Waals surface area contributed by atoms with Gasteiger partial charge in [0.15, 0.2) is 0 Å². The van der Waals surface area contributed by atoms with Crippen LogP contribution in [0.4, 0.5) is 0 Å². The molecule has 2 aromatic heterocycles. The van der Waals surface area contributed by atoms with Crippen molar-refractivity contribution in [2.45, 2.75) is 0 Å². The van der Waals surface area contributed by atoms with Crippen molar-refractivity contribution in [1.82, 2.24) is 4.57 Å². The normalized spacial score (nSPS) is 12.7. The number of nitrogens with zero attached hydrogens (tertiary/aromatic N) is 1. The van der Waals surface area contributed by atoms with Gasteiger partial charge in [0.05, 0.1) is 11.0 Å². The molecule has 1 aliphatic rings. The number of rotatable bonds is 1. The van der Waals surface area contributed by atoms with Crippen LogP contribution in [0, 0.1) is 0 Å². The lowest BCUT2D eigenvalue weighted by atomic mass is 9.98. The Labute approximate surface area is 171 Å². The molecule has 138 valence electrons. The van der Waals surface area contributed by atoms with Gasteiger partial charge in [-0.1, -0.05) is 54.6 Å². The monoisotopic (exact) mass is 381 g/mol. The van der Waals surface area contributed by atoms with Gasteiger partial charge in [-0.2, -0.15) is 0 Å². The number of benzene rings is 5. The molecule has 5 aromatic carbocycles. The Balaban J connectivity index is 1.80. The molecule has 0 N–H and O–H groups in total. The number of hydrogen-bond donors (Lipinski definition) is 0. The van der Waals surface area contributed by atoms with E-state index < -0.39 is 0 Å². The van der Waals surface area contributed by atoms with Crippen molar-refractivity contribution in [3.8, 4) is 16.8 Å². The highest BCUT2D eigenvalue weighted by Gasteiger charge is 2.25. The van der Waals surface area contributed by atoms with Gasteiger partial charge in [0, 0.05) is 32.6 Å². The van der Waals surface area contributed by atoms with Gasteiger partial charge in [0.1, 0.15) is 11.2 Å². The average Bonchev–Trinajstić information content (AvgIpc) is 3.30. The zero-order valence-electron chi connectivity index (χ0n) is 16.0. The van der Waals surface area contributed by atoms with E-state index in [9.17, 15) is 0 Å². The molecule has 0 saturated heterocycles. The Morgan fingerprint density at radius 3 is 2.10 bits per heavy atom. The summed E-state index contributed by atoms with van der Waals surface area (Å²) in [4.78, 5) is 0. The molecule has 2 nitrogen and oxygen atoms in total. The first-order chi connectivity index (χ1) is 14.9. The number of fused-ring (bicyclic) bond motifs is 1. The van der Waals surface area contributed by atoms with Crippen LogP contribution in [0.2, 0.25) is 0 Å². The quantitative estimate of drug-likeness (QED) is 0.283. The lowest BCUT2D eigenvalue weighted by molar-refractivity contribution is 0.669. The Kier molecular flexibility index (Phi) is 2.44. The van der Waals surface area contributed by atoms with Crippen molar-refractivity contribution in [1.29, 1.82) is 0 Å². The van der Waals surface area contributed by atoms with Crippen LogP contribution in [0.25, 0.3) is 71.3 Å². The molecular formula is C28H15NO. The molecule has 0 atom stereocenters. The van der Waals surface area contributed by atoms with Crippen molar-refractivity contribution >= 4 is 54.5 Å². The summed E-state index contributed by atoms with van der Waals surface area (Å²) in [5, 5.41) is 7.70. The lowest BCUT2D eigenvalue weighted by Gasteiger charge is -2.10. The molecule has 7 aromatic rings. The van der Waals surface area contributed by atoms with Gasteiger partial charge in [0.2, 0.25) is 0 Å². The van der Waals surface area contributed by atoms with Gasteiger partial charge < -0.3 is 8.98 Å². The molecule has 1 aliphatic carbocycles. The van der Waals surface area contributed by atoms with E-state index in [2.05, 4.69) is 95.6 Å². The van der Waals surface area contributed by atoms with E-state index in [1.807, 2.05) is 0 Å². The molecule has 0 unspecified atom stereocenters. The molecule has 0 saturated carbocycles. The van der Waals surface area contributed by atoms with Crippen molar-refractivity contribution in [3.63, 3.8) is 0 Å². The fourth-order valence-corrected chi connectivity index (χ4v) is 5.58. The van der Waals surface area contributed by atoms with E-state index in [-0.39, 0.29) is 0 Å². The zero-order chi connectivity index (χ0) is 19.4. The highest BCUT2D eigenvalue weighted by Crippen LogP contribution is 2.50. The summed E-state index contributed by atoms with van der Waals surface area (Å²) in [6.45, 7) is 0. The summed E-state index contributed by atoms with van der Waals surface area (Å²) in [6, 6.07) is 32.6. The minimum Gasteiger partial charge on any atom is -0.456 e. The van der Waals surface area contributed by atoms with E-state index >= 15 is 0 Å². The topological polar surface area (TPSA) is 18.1 Å². The molecule has 30 heavy (non-hydrogen) atoms. The van der Waals surface area contributed by atoms with Gasteiger partial charge in [-0.15, -0.1) is 0 Å². The van der Waals surface area contributed by atoms with E-state index in [1.165, 1.54) is 60.2 Å². The fourth-order valence-electron chi connectivity index (χ4n) is 5.58. The predicted octanol–water partition coefficient (Wildman–Crippen LogP) is 7.82.